The number of hydrogen-bond acceptors (Lipinski definition) is 5. The molecule has 0 radical (unpaired) electrons. The molecule has 6 nitrogen and oxygen atoms in total. The fraction of sp³-hybridized carbons (Fsp3) is 0.562. The normalized spacial score (nSPS) is 21.1. The standard InChI is InChI=1S/C16H21N5O/c1-12-7-19-21(8-12)10-13-9-20(5-6-22-13)16-14-3-2-4-15(14)17-11-18-16/h7-8,11,13H,2-6,9-10H2,1H3/t13-/m1/s1. The zero-order valence-electron chi connectivity index (χ0n) is 12.9. The zero-order chi connectivity index (χ0) is 14.9. The van der Waals surface area contributed by atoms with Crippen molar-refractivity contribution in [2.24, 2.45) is 0 Å². The summed E-state index contributed by atoms with van der Waals surface area (Å²) in [6.07, 6.45) is 9.20. The Kier molecular flexibility index (Phi) is 3.54. The molecular formula is C16H21N5O. The Bertz CT molecular complexity index is 668. The molecule has 116 valence electrons. The number of anilines is 1. The number of rotatable bonds is 3. The second-order valence-corrected chi connectivity index (χ2v) is 6.15. The first-order valence-corrected chi connectivity index (χ1v) is 7.98. The zero-order valence-corrected chi connectivity index (χ0v) is 12.9. The van der Waals surface area contributed by atoms with Crippen LogP contribution in [0.4, 0.5) is 5.82 Å². The fourth-order valence-corrected chi connectivity index (χ4v) is 3.41. The third-order valence-electron chi connectivity index (χ3n) is 4.44. The van der Waals surface area contributed by atoms with Crippen molar-refractivity contribution in [3.63, 3.8) is 0 Å². The average molecular weight is 299 g/mol. The van der Waals surface area contributed by atoms with Gasteiger partial charge in [0, 0.05) is 30.5 Å². The molecule has 0 bridgehead atoms. The van der Waals surface area contributed by atoms with Gasteiger partial charge < -0.3 is 9.64 Å². The van der Waals surface area contributed by atoms with Gasteiger partial charge in [0.2, 0.25) is 0 Å². The molecule has 0 amide bonds. The van der Waals surface area contributed by atoms with Crippen molar-refractivity contribution in [1.82, 2.24) is 19.7 Å². The maximum Gasteiger partial charge on any atom is 0.135 e. The molecule has 6 heteroatoms. The smallest absolute Gasteiger partial charge is 0.135 e. The molecule has 2 aliphatic rings. The summed E-state index contributed by atoms with van der Waals surface area (Å²) in [5.74, 6) is 1.12. The topological polar surface area (TPSA) is 56.1 Å². The minimum atomic E-state index is 0.153. The van der Waals surface area contributed by atoms with E-state index in [2.05, 4.69) is 33.1 Å². The predicted molar refractivity (Wildman–Crippen MR) is 83.0 cm³/mol. The van der Waals surface area contributed by atoms with E-state index in [1.165, 1.54) is 23.2 Å². The summed E-state index contributed by atoms with van der Waals surface area (Å²) in [7, 11) is 0. The van der Waals surface area contributed by atoms with Crippen LogP contribution in [-0.2, 0) is 24.1 Å². The molecule has 1 fully saturated rings. The number of aryl methyl sites for hydroxylation is 2. The van der Waals surface area contributed by atoms with Crippen molar-refractivity contribution in [3.05, 3.63) is 35.5 Å². The minimum Gasteiger partial charge on any atom is -0.373 e. The van der Waals surface area contributed by atoms with Gasteiger partial charge in [-0.2, -0.15) is 5.10 Å². The molecular weight excluding hydrogens is 278 g/mol. The van der Waals surface area contributed by atoms with Crippen LogP contribution >= 0.6 is 0 Å². The van der Waals surface area contributed by atoms with Crippen molar-refractivity contribution in [2.75, 3.05) is 24.6 Å². The molecule has 2 aromatic heterocycles. The third-order valence-corrected chi connectivity index (χ3v) is 4.44. The van der Waals surface area contributed by atoms with E-state index < -0.39 is 0 Å². The van der Waals surface area contributed by atoms with Crippen LogP contribution in [0, 0.1) is 6.92 Å². The summed E-state index contributed by atoms with van der Waals surface area (Å²) in [5, 5.41) is 4.36. The molecule has 1 saturated heterocycles. The highest BCUT2D eigenvalue weighted by Crippen LogP contribution is 2.28. The van der Waals surface area contributed by atoms with Crippen LogP contribution in [0.5, 0.6) is 0 Å². The monoisotopic (exact) mass is 299 g/mol. The molecule has 22 heavy (non-hydrogen) atoms. The summed E-state index contributed by atoms with van der Waals surface area (Å²) >= 11 is 0. The molecule has 1 aliphatic carbocycles. The van der Waals surface area contributed by atoms with E-state index in [1.54, 1.807) is 6.33 Å². The summed E-state index contributed by atoms with van der Waals surface area (Å²) in [6, 6.07) is 0. The first kappa shape index (κ1) is 13.7. The van der Waals surface area contributed by atoms with Crippen molar-refractivity contribution in [1.29, 1.82) is 0 Å². The van der Waals surface area contributed by atoms with Crippen LogP contribution in [0.2, 0.25) is 0 Å². The van der Waals surface area contributed by atoms with Gasteiger partial charge in [0.25, 0.3) is 0 Å². The van der Waals surface area contributed by atoms with Gasteiger partial charge in [0.05, 0.1) is 25.5 Å². The second-order valence-electron chi connectivity index (χ2n) is 6.15. The molecule has 1 atom stereocenters. The third kappa shape index (κ3) is 2.59. The van der Waals surface area contributed by atoms with E-state index in [-0.39, 0.29) is 6.10 Å². The molecule has 4 rings (SSSR count). The van der Waals surface area contributed by atoms with Gasteiger partial charge in [0.1, 0.15) is 12.1 Å². The molecule has 0 aromatic carbocycles. The van der Waals surface area contributed by atoms with E-state index in [9.17, 15) is 0 Å². The van der Waals surface area contributed by atoms with E-state index in [4.69, 9.17) is 4.74 Å². The van der Waals surface area contributed by atoms with Crippen molar-refractivity contribution in [3.8, 4) is 0 Å². The van der Waals surface area contributed by atoms with Gasteiger partial charge in [-0.25, -0.2) is 9.97 Å². The molecule has 0 spiro atoms. The first-order chi connectivity index (χ1) is 10.8. The quantitative estimate of drug-likeness (QED) is 0.857. The molecule has 1 aliphatic heterocycles. The van der Waals surface area contributed by atoms with Crippen LogP contribution in [-0.4, -0.2) is 45.5 Å². The van der Waals surface area contributed by atoms with E-state index in [0.717, 1.165) is 44.9 Å². The number of aromatic nitrogens is 4. The fourth-order valence-electron chi connectivity index (χ4n) is 3.41. The Morgan fingerprint density at radius 2 is 2.27 bits per heavy atom. The molecule has 0 N–H and O–H groups in total. The molecule has 0 unspecified atom stereocenters. The van der Waals surface area contributed by atoms with E-state index >= 15 is 0 Å². The van der Waals surface area contributed by atoms with Crippen molar-refractivity contribution in [2.45, 2.75) is 38.8 Å². The maximum absolute atomic E-state index is 5.92. The van der Waals surface area contributed by atoms with Gasteiger partial charge in [0.15, 0.2) is 0 Å². The van der Waals surface area contributed by atoms with Gasteiger partial charge in [-0.15, -0.1) is 0 Å². The number of ether oxygens (including phenoxy) is 1. The highest BCUT2D eigenvalue weighted by atomic mass is 16.5. The Hall–Kier alpha value is -1.95. The van der Waals surface area contributed by atoms with Crippen LogP contribution in [0.1, 0.15) is 23.2 Å². The number of fused-ring (bicyclic) bond motifs is 1. The van der Waals surface area contributed by atoms with Crippen LogP contribution in [0.15, 0.2) is 18.7 Å². The number of morpholine rings is 1. The highest BCUT2D eigenvalue weighted by Gasteiger charge is 2.26. The predicted octanol–water partition coefficient (Wildman–Crippen LogP) is 1.38. The summed E-state index contributed by atoms with van der Waals surface area (Å²) < 4.78 is 7.88. The lowest BCUT2D eigenvalue weighted by Gasteiger charge is -2.34. The Morgan fingerprint density at radius 1 is 1.32 bits per heavy atom. The molecule has 0 saturated carbocycles. The first-order valence-electron chi connectivity index (χ1n) is 7.98. The van der Waals surface area contributed by atoms with Gasteiger partial charge in [-0.05, 0) is 31.7 Å². The van der Waals surface area contributed by atoms with E-state index in [1.807, 2.05) is 10.9 Å². The molecule has 2 aromatic rings. The van der Waals surface area contributed by atoms with Crippen LogP contribution in [0.3, 0.4) is 0 Å². The van der Waals surface area contributed by atoms with Gasteiger partial charge in [-0.1, -0.05) is 0 Å². The SMILES string of the molecule is Cc1cnn(C[C@H]2CN(c3ncnc4c3CCC4)CCO2)c1. The highest BCUT2D eigenvalue weighted by molar-refractivity contribution is 5.50. The maximum atomic E-state index is 5.92. The van der Waals surface area contributed by atoms with Crippen molar-refractivity contribution >= 4 is 5.82 Å². The summed E-state index contributed by atoms with van der Waals surface area (Å²) in [6.45, 7) is 5.35. The Balaban J connectivity index is 1.50. The minimum absolute atomic E-state index is 0.153. The molecule has 3 heterocycles. The lowest BCUT2D eigenvalue weighted by atomic mass is 10.2. The lowest BCUT2D eigenvalue weighted by Crippen LogP contribution is -2.45. The average Bonchev–Trinajstić information content (AvgIpc) is 3.16. The van der Waals surface area contributed by atoms with E-state index in [0.29, 0.717) is 0 Å². The van der Waals surface area contributed by atoms with Crippen molar-refractivity contribution < 1.29 is 4.74 Å². The largest absolute Gasteiger partial charge is 0.373 e. The number of hydrogen-bond donors (Lipinski definition) is 0. The summed E-state index contributed by atoms with van der Waals surface area (Å²) in [4.78, 5) is 11.3. The lowest BCUT2D eigenvalue weighted by molar-refractivity contribution is 0.0271. The van der Waals surface area contributed by atoms with Gasteiger partial charge >= 0.3 is 0 Å². The second kappa shape index (κ2) is 5.68. The Morgan fingerprint density at radius 3 is 3.14 bits per heavy atom. The Labute approximate surface area is 130 Å². The summed E-state index contributed by atoms with van der Waals surface area (Å²) in [5.41, 5.74) is 3.76. The van der Waals surface area contributed by atoms with Crippen LogP contribution < -0.4 is 4.90 Å². The van der Waals surface area contributed by atoms with Crippen LogP contribution in [0.25, 0.3) is 0 Å². The number of nitrogens with zero attached hydrogens (tertiary/aromatic N) is 5. The van der Waals surface area contributed by atoms with Gasteiger partial charge in [-0.3, -0.25) is 4.68 Å².